The zero-order valence-electron chi connectivity index (χ0n) is 10.8. The smallest absolute Gasteiger partial charge is 0.232 e. The summed E-state index contributed by atoms with van der Waals surface area (Å²) in [4.78, 5) is 24.6. The van der Waals surface area contributed by atoms with Gasteiger partial charge in [0.15, 0.2) is 0 Å². The maximum Gasteiger partial charge on any atom is 0.232 e. The van der Waals surface area contributed by atoms with E-state index in [2.05, 4.69) is 0 Å². The van der Waals surface area contributed by atoms with Crippen LogP contribution in [0.15, 0.2) is 0 Å². The lowest BCUT2D eigenvalue weighted by Crippen LogP contribution is -2.45. The Bertz CT molecular complexity index is 322. The van der Waals surface area contributed by atoms with Gasteiger partial charge in [0, 0.05) is 13.1 Å². The minimum Gasteiger partial charge on any atom is -0.369 e. The average molecular weight is 270 g/mol. The monoisotopic (exact) mass is 270 g/mol. The molecule has 2 atom stereocenters. The van der Waals surface area contributed by atoms with E-state index in [1.807, 2.05) is 4.90 Å². The lowest BCUT2D eigenvalue weighted by molar-refractivity contribution is -0.131. The van der Waals surface area contributed by atoms with Crippen LogP contribution in [0.4, 0.5) is 0 Å². The molecule has 2 amide bonds. The summed E-state index contributed by atoms with van der Waals surface area (Å²) >= 11 is 1.33. The van der Waals surface area contributed by atoms with Crippen molar-refractivity contribution < 1.29 is 9.59 Å². The molecule has 0 unspecified atom stereocenters. The van der Waals surface area contributed by atoms with Gasteiger partial charge in [0.1, 0.15) is 0 Å². The van der Waals surface area contributed by atoms with Crippen LogP contribution in [0.1, 0.15) is 32.1 Å². The van der Waals surface area contributed by atoms with Crippen molar-refractivity contribution in [3.63, 3.8) is 0 Å². The number of nitrogens with zero attached hydrogens (tertiary/aromatic N) is 1. The Morgan fingerprint density at radius 1 is 1.11 bits per heavy atom. The van der Waals surface area contributed by atoms with Crippen molar-refractivity contribution in [2.45, 2.75) is 32.1 Å². The fourth-order valence-corrected chi connectivity index (χ4v) is 3.82. The highest BCUT2D eigenvalue weighted by molar-refractivity contribution is 8.00. The van der Waals surface area contributed by atoms with Gasteiger partial charge in [-0.05, 0) is 24.7 Å². The molecular weight excluding hydrogens is 248 g/mol. The minimum absolute atomic E-state index is 0.172. The highest BCUT2D eigenvalue weighted by Gasteiger charge is 2.32. The maximum absolute atomic E-state index is 12.0. The molecule has 0 aromatic heterocycles. The zero-order chi connectivity index (χ0) is 13.0. The molecule has 1 aliphatic carbocycles. The van der Waals surface area contributed by atoms with E-state index in [1.54, 1.807) is 0 Å². The quantitative estimate of drug-likeness (QED) is 0.836. The third-order valence-corrected chi connectivity index (χ3v) is 5.05. The van der Waals surface area contributed by atoms with E-state index < -0.39 is 0 Å². The summed E-state index contributed by atoms with van der Waals surface area (Å²) in [5.74, 6) is 2.02. The molecule has 2 aliphatic rings. The largest absolute Gasteiger partial charge is 0.369 e. The molecule has 2 fully saturated rings. The van der Waals surface area contributed by atoms with Crippen molar-refractivity contribution in [3.8, 4) is 0 Å². The number of piperidine rings is 1. The minimum atomic E-state index is -0.348. The van der Waals surface area contributed by atoms with Crippen molar-refractivity contribution >= 4 is 23.6 Å². The third kappa shape index (κ3) is 3.64. The summed E-state index contributed by atoms with van der Waals surface area (Å²) in [5.41, 5.74) is 5.06. The molecule has 1 heterocycles. The summed E-state index contributed by atoms with van der Waals surface area (Å²) in [7, 11) is 0. The number of thioether (sulfide) groups is 1. The number of nitrogens with two attached hydrogens (primary N) is 1. The Balaban J connectivity index is 1.75. The van der Waals surface area contributed by atoms with E-state index in [0.717, 1.165) is 31.3 Å². The van der Waals surface area contributed by atoms with Crippen LogP contribution >= 0.6 is 11.8 Å². The molecule has 2 rings (SSSR count). The molecule has 18 heavy (non-hydrogen) atoms. The first-order chi connectivity index (χ1) is 8.66. The Hall–Kier alpha value is -0.710. The molecular formula is C13H22N2O2S. The fraction of sp³-hybridized carbons (Fsp3) is 0.846. The molecule has 4 nitrogen and oxygen atoms in total. The molecule has 1 saturated heterocycles. The first-order valence-corrected chi connectivity index (χ1v) is 7.96. The van der Waals surface area contributed by atoms with Crippen molar-refractivity contribution in [3.05, 3.63) is 0 Å². The summed E-state index contributed by atoms with van der Waals surface area (Å²) < 4.78 is 0. The molecule has 0 bridgehead atoms. The second-order valence-electron chi connectivity index (χ2n) is 5.39. The van der Waals surface area contributed by atoms with E-state index >= 15 is 0 Å². The molecule has 5 heteroatoms. The van der Waals surface area contributed by atoms with Crippen LogP contribution in [0.3, 0.4) is 0 Å². The van der Waals surface area contributed by atoms with Gasteiger partial charge in [-0.25, -0.2) is 0 Å². The molecule has 0 radical (unpaired) electrons. The second kappa shape index (κ2) is 6.45. The SMILES string of the molecule is NC(=O)CSCC(=O)N1CC[C@@H]2CCCC[C@H]2C1. The predicted molar refractivity (Wildman–Crippen MR) is 73.2 cm³/mol. The molecule has 2 N–H and O–H groups in total. The number of hydrogen-bond donors (Lipinski definition) is 1. The number of primary amides is 1. The van der Waals surface area contributed by atoms with Gasteiger partial charge in [-0.15, -0.1) is 11.8 Å². The van der Waals surface area contributed by atoms with Crippen LogP contribution in [0.2, 0.25) is 0 Å². The van der Waals surface area contributed by atoms with Crippen LogP contribution in [-0.2, 0) is 9.59 Å². The van der Waals surface area contributed by atoms with Crippen molar-refractivity contribution in [2.24, 2.45) is 17.6 Å². The summed E-state index contributed by atoms with van der Waals surface area (Å²) in [6, 6.07) is 0. The standard InChI is InChI=1S/C13H22N2O2S/c14-12(16)8-18-9-13(17)15-6-5-10-3-1-2-4-11(10)7-15/h10-11H,1-9H2,(H2,14,16)/t10-,11-/m0/s1. The Morgan fingerprint density at radius 2 is 1.83 bits per heavy atom. The number of fused-ring (bicyclic) bond motifs is 1. The fourth-order valence-electron chi connectivity index (χ4n) is 3.16. The average Bonchev–Trinajstić information content (AvgIpc) is 2.37. The van der Waals surface area contributed by atoms with Gasteiger partial charge in [-0.2, -0.15) is 0 Å². The highest BCUT2D eigenvalue weighted by atomic mass is 32.2. The van der Waals surface area contributed by atoms with Crippen LogP contribution in [0, 0.1) is 11.8 Å². The van der Waals surface area contributed by atoms with Crippen LogP contribution < -0.4 is 5.73 Å². The van der Waals surface area contributed by atoms with Gasteiger partial charge < -0.3 is 10.6 Å². The molecule has 102 valence electrons. The van der Waals surface area contributed by atoms with Crippen molar-refractivity contribution in [2.75, 3.05) is 24.6 Å². The summed E-state index contributed by atoms with van der Waals surface area (Å²) in [6.45, 7) is 1.83. The molecule has 0 spiro atoms. The molecule has 0 aromatic carbocycles. The normalized spacial score (nSPS) is 27.7. The van der Waals surface area contributed by atoms with Crippen LogP contribution in [0.5, 0.6) is 0 Å². The summed E-state index contributed by atoms with van der Waals surface area (Å²) in [5, 5.41) is 0. The van der Waals surface area contributed by atoms with Crippen LogP contribution in [-0.4, -0.2) is 41.3 Å². The Labute approximate surface area is 113 Å². The predicted octanol–water partition coefficient (Wildman–Crippen LogP) is 1.24. The van der Waals surface area contributed by atoms with Gasteiger partial charge in [-0.1, -0.05) is 19.3 Å². The Kier molecular flexibility index (Phi) is 4.92. The number of amides is 2. The second-order valence-corrected chi connectivity index (χ2v) is 6.38. The first-order valence-electron chi connectivity index (χ1n) is 6.80. The third-order valence-electron chi connectivity index (χ3n) is 4.11. The first kappa shape index (κ1) is 13.7. The number of carbonyl (C=O) groups is 2. The van der Waals surface area contributed by atoms with E-state index in [-0.39, 0.29) is 17.6 Å². The van der Waals surface area contributed by atoms with Crippen LogP contribution in [0.25, 0.3) is 0 Å². The zero-order valence-corrected chi connectivity index (χ0v) is 11.6. The highest BCUT2D eigenvalue weighted by Crippen LogP contribution is 2.36. The van der Waals surface area contributed by atoms with E-state index in [0.29, 0.717) is 5.75 Å². The number of hydrogen-bond acceptors (Lipinski definition) is 3. The number of rotatable bonds is 4. The van der Waals surface area contributed by atoms with Gasteiger partial charge in [0.2, 0.25) is 11.8 Å². The van der Waals surface area contributed by atoms with Gasteiger partial charge in [0.05, 0.1) is 11.5 Å². The number of carbonyl (C=O) groups excluding carboxylic acids is 2. The summed E-state index contributed by atoms with van der Waals surface area (Å²) in [6.07, 6.45) is 6.48. The van der Waals surface area contributed by atoms with E-state index in [9.17, 15) is 9.59 Å². The molecule has 1 aliphatic heterocycles. The van der Waals surface area contributed by atoms with E-state index in [4.69, 9.17) is 5.73 Å². The van der Waals surface area contributed by atoms with E-state index in [1.165, 1.54) is 37.4 Å². The number of likely N-dealkylation sites (tertiary alicyclic amines) is 1. The van der Waals surface area contributed by atoms with Crippen molar-refractivity contribution in [1.29, 1.82) is 0 Å². The van der Waals surface area contributed by atoms with Gasteiger partial charge in [0.25, 0.3) is 0 Å². The lowest BCUT2D eigenvalue weighted by Gasteiger charge is -2.41. The maximum atomic E-state index is 12.0. The topological polar surface area (TPSA) is 63.4 Å². The van der Waals surface area contributed by atoms with Gasteiger partial charge >= 0.3 is 0 Å². The molecule has 1 saturated carbocycles. The Morgan fingerprint density at radius 3 is 2.56 bits per heavy atom. The lowest BCUT2D eigenvalue weighted by atomic mass is 9.75. The van der Waals surface area contributed by atoms with Gasteiger partial charge in [-0.3, -0.25) is 9.59 Å². The van der Waals surface area contributed by atoms with Crippen molar-refractivity contribution in [1.82, 2.24) is 4.90 Å². The molecule has 0 aromatic rings.